The fourth-order valence-electron chi connectivity index (χ4n) is 3.74. The van der Waals surface area contributed by atoms with Gasteiger partial charge in [0.2, 0.25) is 0 Å². The van der Waals surface area contributed by atoms with E-state index in [4.69, 9.17) is 9.47 Å². The maximum Gasteiger partial charge on any atom is 0.175 e. The van der Waals surface area contributed by atoms with Crippen LogP contribution in [0.2, 0.25) is 0 Å². The van der Waals surface area contributed by atoms with E-state index in [9.17, 15) is 5.26 Å². The van der Waals surface area contributed by atoms with Gasteiger partial charge in [0.1, 0.15) is 6.61 Å². The van der Waals surface area contributed by atoms with Crippen molar-refractivity contribution in [3.63, 3.8) is 0 Å². The standard InChI is InChI=1S/C29H24BrNO2/c1-3-32-28-16-22(15-27(30)29(28)33-19-21-8-6-7-20(2)13-21)14-26(18-31)25-12-11-23-9-4-5-10-24(23)17-25/h4-17H,3,19H2,1-2H3. The molecule has 0 aliphatic heterocycles. The topological polar surface area (TPSA) is 42.2 Å². The molecule has 4 aromatic rings. The molecule has 164 valence electrons. The molecular weight excluding hydrogens is 474 g/mol. The number of benzene rings is 4. The Morgan fingerprint density at radius 1 is 0.939 bits per heavy atom. The van der Waals surface area contributed by atoms with Gasteiger partial charge < -0.3 is 9.47 Å². The molecule has 0 unspecified atom stereocenters. The summed E-state index contributed by atoms with van der Waals surface area (Å²) in [6.45, 7) is 4.96. The molecule has 3 nitrogen and oxygen atoms in total. The zero-order valence-electron chi connectivity index (χ0n) is 18.6. The van der Waals surface area contributed by atoms with Crippen LogP contribution in [0.25, 0.3) is 22.4 Å². The normalized spacial score (nSPS) is 11.3. The van der Waals surface area contributed by atoms with E-state index in [1.165, 1.54) is 5.56 Å². The van der Waals surface area contributed by atoms with Crippen LogP contribution in [-0.4, -0.2) is 6.61 Å². The Hall–Kier alpha value is -3.55. The summed E-state index contributed by atoms with van der Waals surface area (Å²) in [5.41, 5.74) is 4.61. The van der Waals surface area contributed by atoms with E-state index in [0.717, 1.165) is 31.9 Å². The van der Waals surface area contributed by atoms with E-state index in [2.05, 4.69) is 53.2 Å². The van der Waals surface area contributed by atoms with Crippen LogP contribution in [0.3, 0.4) is 0 Å². The van der Waals surface area contributed by atoms with Crippen LogP contribution in [0, 0.1) is 18.3 Å². The average Bonchev–Trinajstić information content (AvgIpc) is 2.82. The Morgan fingerprint density at radius 2 is 1.76 bits per heavy atom. The Morgan fingerprint density at radius 3 is 2.52 bits per heavy atom. The first-order chi connectivity index (χ1) is 16.1. The second kappa shape index (κ2) is 10.4. The van der Waals surface area contributed by atoms with Gasteiger partial charge in [0.15, 0.2) is 11.5 Å². The van der Waals surface area contributed by atoms with E-state index in [1.807, 2.05) is 67.6 Å². The number of allylic oxidation sites excluding steroid dienone is 1. The quantitative estimate of drug-likeness (QED) is 0.192. The maximum atomic E-state index is 9.86. The number of rotatable bonds is 7. The molecule has 0 aromatic heterocycles. The van der Waals surface area contributed by atoms with Crippen LogP contribution in [0.5, 0.6) is 11.5 Å². The molecule has 33 heavy (non-hydrogen) atoms. The number of halogens is 1. The van der Waals surface area contributed by atoms with E-state index < -0.39 is 0 Å². The van der Waals surface area contributed by atoms with Gasteiger partial charge in [-0.05, 0) is 81.5 Å². The fraction of sp³-hybridized carbons (Fsp3) is 0.138. The van der Waals surface area contributed by atoms with Gasteiger partial charge in [0.25, 0.3) is 0 Å². The minimum Gasteiger partial charge on any atom is -0.490 e. The predicted molar refractivity (Wildman–Crippen MR) is 138 cm³/mol. The van der Waals surface area contributed by atoms with Gasteiger partial charge in [0.05, 0.1) is 22.7 Å². The van der Waals surface area contributed by atoms with E-state index in [-0.39, 0.29) is 0 Å². The number of ether oxygens (including phenoxy) is 2. The minimum absolute atomic E-state index is 0.441. The summed E-state index contributed by atoms with van der Waals surface area (Å²) in [6, 6.07) is 28.6. The van der Waals surface area contributed by atoms with Gasteiger partial charge >= 0.3 is 0 Å². The van der Waals surface area contributed by atoms with Gasteiger partial charge in [-0.1, -0.05) is 66.2 Å². The number of aryl methyl sites for hydroxylation is 1. The van der Waals surface area contributed by atoms with Crippen LogP contribution < -0.4 is 9.47 Å². The maximum absolute atomic E-state index is 9.86. The molecule has 0 radical (unpaired) electrons. The molecule has 0 fully saturated rings. The van der Waals surface area contributed by atoms with Crippen molar-refractivity contribution in [1.29, 1.82) is 5.26 Å². The molecule has 0 amide bonds. The van der Waals surface area contributed by atoms with Crippen molar-refractivity contribution >= 4 is 38.4 Å². The van der Waals surface area contributed by atoms with Gasteiger partial charge in [-0.15, -0.1) is 0 Å². The third kappa shape index (κ3) is 5.45. The second-order valence-corrected chi connectivity index (χ2v) is 8.63. The first-order valence-electron chi connectivity index (χ1n) is 10.8. The van der Waals surface area contributed by atoms with Gasteiger partial charge in [-0.2, -0.15) is 5.26 Å². The van der Waals surface area contributed by atoms with Crippen LogP contribution in [0.15, 0.2) is 83.3 Å². The largest absolute Gasteiger partial charge is 0.490 e. The predicted octanol–water partition coefficient (Wildman–Crippen LogP) is 7.95. The molecule has 4 aromatic carbocycles. The van der Waals surface area contributed by atoms with Gasteiger partial charge in [-0.3, -0.25) is 0 Å². The number of hydrogen-bond donors (Lipinski definition) is 0. The van der Waals surface area contributed by atoms with Crippen molar-refractivity contribution in [2.45, 2.75) is 20.5 Å². The molecule has 4 heteroatoms. The lowest BCUT2D eigenvalue weighted by atomic mass is 10.00. The van der Waals surface area contributed by atoms with Gasteiger partial charge in [-0.25, -0.2) is 0 Å². The van der Waals surface area contributed by atoms with Gasteiger partial charge in [0, 0.05) is 0 Å². The van der Waals surface area contributed by atoms with E-state index in [0.29, 0.717) is 30.3 Å². The Kier molecular flexibility index (Phi) is 7.12. The zero-order valence-corrected chi connectivity index (χ0v) is 20.2. The molecule has 0 heterocycles. The lowest BCUT2D eigenvalue weighted by Crippen LogP contribution is -2.01. The van der Waals surface area contributed by atoms with E-state index in [1.54, 1.807) is 0 Å². The number of hydrogen-bond acceptors (Lipinski definition) is 3. The van der Waals surface area contributed by atoms with Crippen LogP contribution in [0.4, 0.5) is 0 Å². The average molecular weight is 498 g/mol. The highest BCUT2D eigenvalue weighted by Gasteiger charge is 2.13. The molecule has 0 aliphatic carbocycles. The third-order valence-corrected chi connectivity index (χ3v) is 5.88. The Labute approximate surface area is 203 Å². The zero-order chi connectivity index (χ0) is 23.2. The smallest absolute Gasteiger partial charge is 0.175 e. The van der Waals surface area contributed by atoms with Crippen molar-refractivity contribution in [2.24, 2.45) is 0 Å². The summed E-state index contributed by atoms with van der Waals surface area (Å²) in [6.07, 6.45) is 1.88. The molecule has 4 rings (SSSR count). The first-order valence-corrected chi connectivity index (χ1v) is 11.6. The van der Waals surface area contributed by atoms with Crippen molar-refractivity contribution in [2.75, 3.05) is 6.61 Å². The highest BCUT2D eigenvalue weighted by atomic mass is 79.9. The second-order valence-electron chi connectivity index (χ2n) is 7.77. The minimum atomic E-state index is 0.441. The summed E-state index contributed by atoms with van der Waals surface area (Å²) in [5.74, 6) is 1.29. The monoisotopic (exact) mass is 497 g/mol. The SMILES string of the molecule is CCOc1cc(C=C(C#N)c2ccc3ccccc3c2)cc(Br)c1OCc1cccc(C)c1. The molecular formula is C29H24BrNO2. The highest BCUT2D eigenvalue weighted by molar-refractivity contribution is 9.10. The van der Waals surface area contributed by atoms with Crippen molar-refractivity contribution < 1.29 is 9.47 Å². The summed E-state index contributed by atoms with van der Waals surface area (Å²) in [5, 5.41) is 12.1. The first kappa shape index (κ1) is 22.6. The molecule has 0 saturated carbocycles. The summed E-state index contributed by atoms with van der Waals surface area (Å²) < 4.78 is 12.8. The molecule has 0 aliphatic rings. The summed E-state index contributed by atoms with van der Waals surface area (Å²) in [7, 11) is 0. The van der Waals surface area contributed by atoms with Crippen molar-refractivity contribution in [3.05, 3.63) is 106 Å². The Bertz CT molecular complexity index is 1370. The lowest BCUT2D eigenvalue weighted by molar-refractivity contribution is 0.267. The lowest BCUT2D eigenvalue weighted by Gasteiger charge is -2.15. The van der Waals surface area contributed by atoms with Crippen LogP contribution in [-0.2, 0) is 6.61 Å². The molecule has 0 bridgehead atoms. The van der Waals surface area contributed by atoms with E-state index >= 15 is 0 Å². The molecule has 0 N–H and O–H groups in total. The highest BCUT2D eigenvalue weighted by Crippen LogP contribution is 2.38. The third-order valence-electron chi connectivity index (χ3n) is 5.29. The van der Waals surface area contributed by atoms with Crippen LogP contribution >= 0.6 is 15.9 Å². The van der Waals surface area contributed by atoms with Crippen LogP contribution in [0.1, 0.15) is 29.2 Å². The number of nitrogens with zero attached hydrogens (tertiary/aromatic N) is 1. The Balaban J connectivity index is 1.66. The summed E-state index contributed by atoms with van der Waals surface area (Å²) >= 11 is 3.64. The van der Waals surface area contributed by atoms with Crippen molar-refractivity contribution in [3.8, 4) is 17.6 Å². The number of fused-ring (bicyclic) bond motifs is 1. The molecule has 0 spiro atoms. The molecule has 0 saturated heterocycles. The summed E-state index contributed by atoms with van der Waals surface area (Å²) in [4.78, 5) is 0. The fourth-order valence-corrected chi connectivity index (χ4v) is 4.31. The molecule has 0 atom stereocenters. The van der Waals surface area contributed by atoms with Crippen molar-refractivity contribution in [1.82, 2.24) is 0 Å². The number of nitriles is 1.